The van der Waals surface area contributed by atoms with Crippen molar-refractivity contribution >= 4 is 39.9 Å². The normalized spacial score (nSPS) is 29.1. The number of nitrogens with one attached hydrogen (secondary N) is 1. The number of piperazine rings is 1. The number of carboxylic acid groups (broad SMARTS) is 1. The highest BCUT2D eigenvalue weighted by Gasteiger charge is 2.51. The number of hydrogen-bond acceptors (Lipinski definition) is 4. The maximum atomic E-state index is 15.2. The predicted molar refractivity (Wildman–Crippen MR) is 141 cm³/mol. The third-order valence-corrected chi connectivity index (χ3v) is 9.40. The molecule has 4 bridgehead atoms. The topological polar surface area (TPSA) is 77.8 Å². The molecule has 2 aromatic rings. The Morgan fingerprint density at radius 3 is 2.28 bits per heavy atom. The molecular formula is C27H33FN4O3S. The molecule has 4 saturated carbocycles. The Bertz CT molecular complexity index is 1260. The second-order valence-electron chi connectivity index (χ2n) is 11.4. The second kappa shape index (κ2) is 8.71. The van der Waals surface area contributed by atoms with Crippen LogP contribution in [0.1, 0.15) is 55.8 Å². The van der Waals surface area contributed by atoms with Crippen molar-refractivity contribution in [2.45, 2.75) is 57.5 Å². The molecule has 1 aliphatic heterocycles. The van der Waals surface area contributed by atoms with E-state index in [0.717, 1.165) is 22.9 Å². The van der Waals surface area contributed by atoms with Crippen LogP contribution in [0, 0.1) is 23.6 Å². The zero-order chi connectivity index (χ0) is 25.2. The molecule has 2 heterocycles. The highest BCUT2D eigenvalue weighted by atomic mass is 32.1. The van der Waals surface area contributed by atoms with Gasteiger partial charge in [-0.2, -0.15) is 0 Å². The fraction of sp³-hybridized carbons (Fsp3) is 0.593. The van der Waals surface area contributed by atoms with Gasteiger partial charge in [0, 0.05) is 49.8 Å². The zero-order valence-corrected chi connectivity index (χ0v) is 21.5. The number of fused-ring (bicyclic) bond motifs is 1. The maximum Gasteiger partial charge on any atom is 0.341 e. The lowest BCUT2D eigenvalue weighted by molar-refractivity contribution is -0.0112. The van der Waals surface area contributed by atoms with Crippen LogP contribution in [-0.2, 0) is 6.54 Å². The monoisotopic (exact) mass is 512 g/mol. The van der Waals surface area contributed by atoms with Crippen molar-refractivity contribution in [3.05, 3.63) is 39.9 Å². The van der Waals surface area contributed by atoms with Crippen LogP contribution in [0.15, 0.2) is 23.1 Å². The van der Waals surface area contributed by atoms with Gasteiger partial charge in [0.2, 0.25) is 5.43 Å². The number of anilines is 1. The van der Waals surface area contributed by atoms with Crippen molar-refractivity contribution in [2.24, 2.45) is 17.8 Å². The van der Waals surface area contributed by atoms with Gasteiger partial charge in [-0.25, -0.2) is 9.18 Å². The Morgan fingerprint density at radius 2 is 1.72 bits per heavy atom. The first-order valence-corrected chi connectivity index (χ1v) is 13.6. The number of halogens is 1. The highest BCUT2D eigenvalue weighted by molar-refractivity contribution is 7.80. The minimum Gasteiger partial charge on any atom is -0.477 e. The number of aromatic carboxylic acids is 1. The molecular weight excluding hydrogens is 479 g/mol. The summed E-state index contributed by atoms with van der Waals surface area (Å²) in [5.74, 6) is 0.749. The molecule has 5 fully saturated rings. The molecule has 7 nitrogen and oxygen atoms in total. The summed E-state index contributed by atoms with van der Waals surface area (Å²) in [6, 6.07) is 2.88. The van der Waals surface area contributed by atoms with Gasteiger partial charge < -0.3 is 24.8 Å². The summed E-state index contributed by atoms with van der Waals surface area (Å²) < 4.78 is 16.9. The summed E-state index contributed by atoms with van der Waals surface area (Å²) in [6.07, 6.45) is 9.26. The van der Waals surface area contributed by atoms with Gasteiger partial charge >= 0.3 is 5.97 Å². The number of pyridine rings is 1. The Kier molecular flexibility index (Phi) is 5.74. The molecule has 2 N–H and O–H groups in total. The largest absolute Gasteiger partial charge is 0.477 e. The molecule has 7 rings (SSSR count). The van der Waals surface area contributed by atoms with Gasteiger partial charge in [-0.3, -0.25) is 4.79 Å². The standard InChI is InChI=1S/C27H33FN4O3S/c1-2-30-15-20(25(34)35)24(33)19-10-21(28)23(11-22(19)30)31-3-5-32(6-4-31)26(36)29-27-12-16-7-17(13-27)9-18(8-16)14-27/h10-11,15-18H,2-9,12-14H2,1H3,(H,29,36)(H,34,35). The van der Waals surface area contributed by atoms with E-state index in [2.05, 4.69) is 10.2 Å². The fourth-order valence-corrected chi connectivity index (χ4v) is 8.17. The highest BCUT2D eigenvalue weighted by Crippen LogP contribution is 2.55. The van der Waals surface area contributed by atoms with Crippen LogP contribution >= 0.6 is 12.2 Å². The Morgan fingerprint density at radius 1 is 1.11 bits per heavy atom. The van der Waals surface area contributed by atoms with Crippen LogP contribution < -0.4 is 15.6 Å². The Hall–Kier alpha value is -2.68. The van der Waals surface area contributed by atoms with Crippen LogP contribution in [-0.4, -0.2) is 57.4 Å². The van der Waals surface area contributed by atoms with E-state index >= 15 is 4.39 Å². The summed E-state index contributed by atoms with van der Waals surface area (Å²) in [5.41, 5.74) is 0.160. The van der Waals surface area contributed by atoms with Gasteiger partial charge in [-0.15, -0.1) is 0 Å². The minimum absolute atomic E-state index is 0.0950. The molecule has 0 amide bonds. The number of aryl methyl sites for hydroxylation is 1. The van der Waals surface area contributed by atoms with Gasteiger partial charge in [0.05, 0.1) is 11.2 Å². The predicted octanol–water partition coefficient (Wildman–Crippen LogP) is 3.82. The van der Waals surface area contributed by atoms with Crippen molar-refractivity contribution < 1.29 is 14.3 Å². The van der Waals surface area contributed by atoms with Crippen molar-refractivity contribution in [1.29, 1.82) is 0 Å². The van der Waals surface area contributed by atoms with Crippen LogP contribution in [0.3, 0.4) is 0 Å². The van der Waals surface area contributed by atoms with Crippen molar-refractivity contribution in [2.75, 3.05) is 31.1 Å². The smallest absolute Gasteiger partial charge is 0.341 e. The molecule has 1 aromatic heterocycles. The number of benzene rings is 1. The summed E-state index contributed by atoms with van der Waals surface area (Å²) >= 11 is 5.87. The van der Waals surface area contributed by atoms with E-state index < -0.39 is 17.2 Å². The molecule has 0 radical (unpaired) electrons. The molecule has 4 aliphatic carbocycles. The van der Waals surface area contributed by atoms with E-state index in [1.165, 1.54) is 50.8 Å². The summed E-state index contributed by atoms with van der Waals surface area (Å²) in [4.78, 5) is 28.3. The third-order valence-electron chi connectivity index (χ3n) is 9.04. The first-order valence-electron chi connectivity index (χ1n) is 13.2. The van der Waals surface area contributed by atoms with Crippen LogP contribution in [0.5, 0.6) is 0 Å². The van der Waals surface area contributed by atoms with E-state index in [0.29, 0.717) is 43.9 Å². The molecule has 0 unspecified atom stereocenters. The number of aromatic nitrogens is 1. The molecule has 192 valence electrons. The number of carbonyl (C=O) groups is 1. The molecule has 1 saturated heterocycles. The first-order chi connectivity index (χ1) is 17.2. The van der Waals surface area contributed by atoms with Crippen molar-refractivity contribution in [3.63, 3.8) is 0 Å². The van der Waals surface area contributed by atoms with E-state index in [-0.39, 0.29) is 16.5 Å². The molecule has 5 aliphatic rings. The van der Waals surface area contributed by atoms with E-state index in [4.69, 9.17) is 12.2 Å². The average molecular weight is 513 g/mol. The summed E-state index contributed by atoms with van der Waals surface area (Å²) in [6.45, 7) is 4.99. The Labute approximate surface area is 215 Å². The number of nitrogens with zero attached hydrogens (tertiary/aromatic N) is 3. The maximum absolute atomic E-state index is 15.2. The van der Waals surface area contributed by atoms with Crippen molar-refractivity contribution in [3.8, 4) is 0 Å². The van der Waals surface area contributed by atoms with Crippen LogP contribution in [0.25, 0.3) is 10.9 Å². The van der Waals surface area contributed by atoms with E-state index in [9.17, 15) is 14.7 Å². The first kappa shape index (κ1) is 23.7. The second-order valence-corrected chi connectivity index (χ2v) is 11.8. The van der Waals surface area contributed by atoms with Gasteiger partial charge in [-0.05, 0) is 87.6 Å². The van der Waals surface area contributed by atoms with Gasteiger partial charge in [0.15, 0.2) is 5.11 Å². The Balaban J connectivity index is 1.18. The quantitative estimate of drug-likeness (QED) is 0.603. The molecule has 1 aromatic carbocycles. The van der Waals surface area contributed by atoms with Gasteiger partial charge in [0.1, 0.15) is 11.4 Å². The number of rotatable bonds is 4. The molecule has 36 heavy (non-hydrogen) atoms. The lowest BCUT2D eigenvalue weighted by Gasteiger charge is -2.57. The van der Waals surface area contributed by atoms with Crippen molar-refractivity contribution in [1.82, 2.24) is 14.8 Å². The SMILES string of the molecule is CCn1cc(C(=O)O)c(=O)c2cc(F)c(N3CCN(C(=S)NC45CC6CC(CC(C6)C4)C5)CC3)cc21. The molecule has 0 atom stereocenters. The lowest BCUT2D eigenvalue weighted by Crippen LogP contribution is -2.63. The lowest BCUT2D eigenvalue weighted by atomic mass is 9.53. The fourth-order valence-electron chi connectivity index (χ4n) is 7.78. The van der Waals surface area contributed by atoms with Gasteiger partial charge in [0.25, 0.3) is 0 Å². The number of thiocarbonyl (C=S) groups is 1. The minimum atomic E-state index is -1.30. The summed E-state index contributed by atoms with van der Waals surface area (Å²) in [5, 5.41) is 14.1. The van der Waals surface area contributed by atoms with E-state index in [1.807, 2.05) is 11.8 Å². The molecule has 0 spiro atoms. The van der Waals surface area contributed by atoms with Crippen LogP contribution in [0.2, 0.25) is 0 Å². The summed E-state index contributed by atoms with van der Waals surface area (Å²) in [7, 11) is 0. The molecule has 9 heteroatoms. The number of hydrogen-bond donors (Lipinski definition) is 2. The zero-order valence-electron chi connectivity index (χ0n) is 20.6. The third kappa shape index (κ3) is 3.96. The van der Waals surface area contributed by atoms with Crippen LogP contribution in [0.4, 0.5) is 10.1 Å². The van der Waals surface area contributed by atoms with E-state index in [1.54, 1.807) is 10.6 Å². The average Bonchev–Trinajstić information content (AvgIpc) is 2.83. The number of carboxylic acids is 1. The van der Waals surface area contributed by atoms with Gasteiger partial charge in [-0.1, -0.05) is 0 Å².